The molecular formula is C15H26O2. The molecule has 2 aliphatic carbocycles. The third kappa shape index (κ3) is 3.23. The first kappa shape index (κ1) is 12.9. The van der Waals surface area contributed by atoms with Crippen LogP contribution in [0.3, 0.4) is 0 Å². The lowest BCUT2D eigenvalue weighted by molar-refractivity contribution is -0.159. The lowest BCUT2D eigenvalue weighted by Crippen LogP contribution is -2.33. The summed E-state index contributed by atoms with van der Waals surface area (Å²) in [5.41, 5.74) is 0.406. The van der Waals surface area contributed by atoms with Gasteiger partial charge in [0, 0.05) is 0 Å². The molecule has 2 saturated carbocycles. The maximum atomic E-state index is 11.7. The van der Waals surface area contributed by atoms with Crippen LogP contribution >= 0.6 is 0 Å². The van der Waals surface area contributed by atoms with Gasteiger partial charge in [0.2, 0.25) is 0 Å². The highest BCUT2D eigenvalue weighted by molar-refractivity contribution is 5.73. The lowest BCUT2D eigenvalue weighted by atomic mass is 9.72. The third-order valence-electron chi connectivity index (χ3n) is 4.62. The zero-order valence-corrected chi connectivity index (χ0v) is 11.5. The third-order valence-corrected chi connectivity index (χ3v) is 4.62. The summed E-state index contributed by atoms with van der Waals surface area (Å²) in [6.07, 6.45) is 8.09. The van der Waals surface area contributed by atoms with Gasteiger partial charge < -0.3 is 4.74 Å². The molecule has 0 spiro atoms. The number of hydrogen-bond acceptors (Lipinski definition) is 2. The van der Waals surface area contributed by atoms with Crippen molar-refractivity contribution < 1.29 is 9.53 Å². The Hall–Kier alpha value is -0.530. The standard InChI is InChI=1S/C15H26O2/c1-15(2,3)12-7-9-13(10-8-12)17-14(16)11-5-4-6-11/h11-13H,4-10H2,1-3H3. The first-order chi connectivity index (χ1) is 7.97. The van der Waals surface area contributed by atoms with E-state index in [0.29, 0.717) is 5.41 Å². The number of ether oxygens (including phenoxy) is 1. The molecule has 98 valence electrons. The first-order valence-corrected chi connectivity index (χ1v) is 7.17. The molecule has 0 N–H and O–H groups in total. The van der Waals surface area contributed by atoms with Gasteiger partial charge in [-0.25, -0.2) is 0 Å². The van der Waals surface area contributed by atoms with Crippen LogP contribution in [0.15, 0.2) is 0 Å². The molecule has 0 aromatic heterocycles. The smallest absolute Gasteiger partial charge is 0.309 e. The predicted molar refractivity (Wildman–Crippen MR) is 68.6 cm³/mol. The quantitative estimate of drug-likeness (QED) is 0.681. The van der Waals surface area contributed by atoms with Crippen LogP contribution in [-0.2, 0) is 9.53 Å². The van der Waals surface area contributed by atoms with Crippen molar-refractivity contribution >= 4 is 5.97 Å². The van der Waals surface area contributed by atoms with Crippen molar-refractivity contribution in [3.8, 4) is 0 Å². The summed E-state index contributed by atoms with van der Waals surface area (Å²) in [6.45, 7) is 6.95. The average molecular weight is 238 g/mol. The molecule has 0 amide bonds. The van der Waals surface area contributed by atoms with Crippen LogP contribution in [-0.4, -0.2) is 12.1 Å². The van der Waals surface area contributed by atoms with E-state index in [-0.39, 0.29) is 18.0 Å². The SMILES string of the molecule is CC(C)(C)C1CCC(OC(=O)C2CCC2)CC1. The van der Waals surface area contributed by atoms with E-state index in [1.165, 1.54) is 19.3 Å². The van der Waals surface area contributed by atoms with E-state index in [4.69, 9.17) is 4.74 Å². The van der Waals surface area contributed by atoms with Crippen molar-refractivity contribution in [2.75, 3.05) is 0 Å². The van der Waals surface area contributed by atoms with Crippen LogP contribution in [0, 0.1) is 17.3 Å². The van der Waals surface area contributed by atoms with E-state index in [1.54, 1.807) is 0 Å². The molecule has 2 fully saturated rings. The van der Waals surface area contributed by atoms with Crippen LogP contribution < -0.4 is 0 Å². The summed E-state index contributed by atoms with van der Waals surface area (Å²) in [4.78, 5) is 11.7. The molecule has 0 heterocycles. The number of rotatable bonds is 2. The first-order valence-electron chi connectivity index (χ1n) is 7.17. The van der Waals surface area contributed by atoms with E-state index < -0.39 is 0 Å². The summed E-state index contributed by atoms with van der Waals surface area (Å²) < 4.78 is 5.62. The summed E-state index contributed by atoms with van der Waals surface area (Å²) in [6, 6.07) is 0. The van der Waals surface area contributed by atoms with E-state index in [0.717, 1.165) is 31.6 Å². The van der Waals surface area contributed by atoms with Crippen LogP contribution in [0.5, 0.6) is 0 Å². The number of esters is 1. The average Bonchev–Trinajstić information content (AvgIpc) is 2.13. The molecule has 0 unspecified atom stereocenters. The fourth-order valence-electron chi connectivity index (χ4n) is 2.95. The zero-order valence-electron chi connectivity index (χ0n) is 11.5. The monoisotopic (exact) mass is 238 g/mol. The van der Waals surface area contributed by atoms with Crippen molar-refractivity contribution in [3.05, 3.63) is 0 Å². The number of carbonyl (C=O) groups is 1. The van der Waals surface area contributed by atoms with Crippen molar-refractivity contribution in [1.82, 2.24) is 0 Å². The van der Waals surface area contributed by atoms with Crippen LogP contribution in [0.2, 0.25) is 0 Å². The van der Waals surface area contributed by atoms with Crippen molar-refractivity contribution in [3.63, 3.8) is 0 Å². The van der Waals surface area contributed by atoms with Gasteiger partial charge in [-0.15, -0.1) is 0 Å². The summed E-state index contributed by atoms with van der Waals surface area (Å²) in [7, 11) is 0. The normalized spacial score (nSPS) is 30.8. The predicted octanol–water partition coefficient (Wildman–Crippen LogP) is 3.93. The van der Waals surface area contributed by atoms with E-state index in [1.807, 2.05) is 0 Å². The van der Waals surface area contributed by atoms with Crippen molar-refractivity contribution in [2.45, 2.75) is 71.8 Å². The van der Waals surface area contributed by atoms with Crippen LogP contribution in [0.4, 0.5) is 0 Å². The van der Waals surface area contributed by atoms with Gasteiger partial charge in [-0.2, -0.15) is 0 Å². The second kappa shape index (κ2) is 4.99. The fraction of sp³-hybridized carbons (Fsp3) is 0.933. The molecule has 0 aromatic rings. The van der Waals surface area contributed by atoms with E-state index in [9.17, 15) is 4.79 Å². The summed E-state index contributed by atoms with van der Waals surface area (Å²) >= 11 is 0. The molecule has 0 aliphatic heterocycles. The Labute approximate surface area is 105 Å². The summed E-state index contributed by atoms with van der Waals surface area (Å²) in [5.74, 6) is 1.10. The summed E-state index contributed by atoms with van der Waals surface area (Å²) in [5, 5.41) is 0. The Morgan fingerprint density at radius 1 is 1.00 bits per heavy atom. The Balaban J connectivity index is 1.73. The minimum absolute atomic E-state index is 0.0791. The van der Waals surface area contributed by atoms with Gasteiger partial charge in [0.25, 0.3) is 0 Å². The molecule has 0 aromatic carbocycles. The van der Waals surface area contributed by atoms with E-state index in [2.05, 4.69) is 20.8 Å². The topological polar surface area (TPSA) is 26.3 Å². The van der Waals surface area contributed by atoms with Gasteiger partial charge >= 0.3 is 5.97 Å². The minimum atomic E-state index is 0.0791. The maximum absolute atomic E-state index is 11.7. The van der Waals surface area contributed by atoms with Crippen LogP contribution in [0.1, 0.15) is 65.7 Å². The number of hydrogen-bond donors (Lipinski definition) is 0. The molecule has 0 saturated heterocycles. The van der Waals surface area contributed by atoms with E-state index >= 15 is 0 Å². The fourth-order valence-corrected chi connectivity index (χ4v) is 2.95. The van der Waals surface area contributed by atoms with Gasteiger partial charge in [0.1, 0.15) is 6.10 Å². The molecule has 2 nitrogen and oxygen atoms in total. The largest absolute Gasteiger partial charge is 0.462 e. The molecule has 0 radical (unpaired) electrons. The Morgan fingerprint density at radius 2 is 1.59 bits per heavy atom. The Morgan fingerprint density at radius 3 is 2.00 bits per heavy atom. The number of carbonyl (C=O) groups excluding carboxylic acids is 1. The second-order valence-corrected chi connectivity index (χ2v) is 6.90. The molecule has 2 rings (SSSR count). The van der Waals surface area contributed by atoms with Gasteiger partial charge in [-0.1, -0.05) is 27.2 Å². The highest BCUT2D eigenvalue weighted by Gasteiger charge is 2.33. The van der Waals surface area contributed by atoms with Crippen LogP contribution in [0.25, 0.3) is 0 Å². The zero-order chi connectivity index (χ0) is 12.5. The van der Waals surface area contributed by atoms with Gasteiger partial charge in [0.05, 0.1) is 5.92 Å². The molecule has 0 bridgehead atoms. The second-order valence-electron chi connectivity index (χ2n) is 6.90. The molecular weight excluding hydrogens is 212 g/mol. The van der Waals surface area contributed by atoms with Gasteiger partial charge in [-0.05, 0) is 49.9 Å². The lowest BCUT2D eigenvalue weighted by Gasteiger charge is -2.37. The Bertz CT molecular complexity index is 265. The van der Waals surface area contributed by atoms with Gasteiger partial charge in [-0.3, -0.25) is 4.79 Å². The molecule has 0 atom stereocenters. The van der Waals surface area contributed by atoms with Crippen molar-refractivity contribution in [1.29, 1.82) is 0 Å². The maximum Gasteiger partial charge on any atom is 0.309 e. The van der Waals surface area contributed by atoms with Crippen molar-refractivity contribution in [2.24, 2.45) is 17.3 Å². The highest BCUT2D eigenvalue weighted by atomic mass is 16.5. The Kier molecular flexibility index (Phi) is 3.79. The van der Waals surface area contributed by atoms with Gasteiger partial charge in [0.15, 0.2) is 0 Å². The molecule has 2 aliphatic rings. The highest BCUT2D eigenvalue weighted by Crippen LogP contribution is 2.39. The molecule has 17 heavy (non-hydrogen) atoms. The minimum Gasteiger partial charge on any atom is -0.462 e. The molecule has 2 heteroatoms.